The van der Waals surface area contributed by atoms with Crippen LogP contribution in [0.2, 0.25) is 0 Å². The van der Waals surface area contributed by atoms with E-state index in [-0.39, 0.29) is 68.9 Å². The minimum Gasteiger partial charge on any atom is -0.836 e. The topological polar surface area (TPSA) is 23.1 Å². The molecule has 0 saturated heterocycles. The van der Waals surface area contributed by atoms with E-state index in [2.05, 4.69) is 0 Å². The van der Waals surface area contributed by atoms with Crippen LogP contribution in [-0.2, 0) is 0 Å². The first-order chi connectivity index (χ1) is 9.50. The summed E-state index contributed by atoms with van der Waals surface area (Å²) in [6.07, 6.45) is -23.6. The van der Waals surface area contributed by atoms with Gasteiger partial charge in [-0.05, 0) is 0 Å². The molecule has 0 aliphatic rings. The van der Waals surface area contributed by atoms with Crippen molar-refractivity contribution < 1.29 is 140 Å². The van der Waals surface area contributed by atoms with Crippen LogP contribution >= 0.6 is 0 Å². The zero-order chi connectivity index (χ0) is 19.5. The second-order valence-electron chi connectivity index (χ2n) is 3.90. The fourth-order valence-corrected chi connectivity index (χ4v) is 1.19. The van der Waals surface area contributed by atoms with Crippen molar-refractivity contribution in [2.75, 3.05) is 0 Å². The van der Waals surface area contributed by atoms with Gasteiger partial charge in [0.05, 0.1) is 0 Å². The van der Waals surface area contributed by atoms with Crippen molar-refractivity contribution >= 4 is 0 Å². The molecule has 24 heavy (non-hydrogen) atoms. The van der Waals surface area contributed by atoms with E-state index >= 15 is 0 Å². The van der Waals surface area contributed by atoms with Gasteiger partial charge < -0.3 is 5.11 Å². The molecule has 0 aromatic rings. The largest absolute Gasteiger partial charge is 1.00 e. The summed E-state index contributed by atoms with van der Waals surface area (Å²) in [5.41, 5.74) is -8.48. The van der Waals surface area contributed by atoms with Gasteiger partial charge in [0, 0.05) is 0 Å². The van der Waals surface area contributed by atoms with E-state index in [1.54, 1.807) is 0 Å². The van der Waals surface area contributed by atoms with Crippen molar-refractivity contribution in [1.29, 1.82) is 0 Å². The van der Waals surface area contributed by atoms with E-state index < -0.39 is 41.9 Å². The molecule has 0 N–H and O–H groups in total. The van der Waals surface area contributed by atoms with Crippen LogP contribution in [0.5, 0.6) is 0 Å². The molecule has 0 bridgehead atoms. The maximum Gasteiger partial charge on any atom is 1.00 e. The number of hydrogen-bond donors (Lipinski definition) is 0. The van der Waals surface area contributed by atoms with Crippen molar-refractivity contribution in [1.82, 2.24) is 0 Å². The number of alkyl halides is 15. The van der Waals surface area contributed by atoms with Gasteiger partial charge in [-0.2, -0.15) is 65.9 Å². The van der Waals surface area contributed by atoms with Crippen LogP contribution in [0.15, 0.2) is 0 Å². The first kappa shape index (κ1) is 27.2. The Morgan fingerprint density at radius 3 is 0.583 bits per heavy atom. The predicted octanol–water partition coefficient (Wildman–Crippen LogP) is 0.682. The Kier molecular flexibility index (Phi) is 7.75. The normalized spacial score (nSPS) is 16.0. The third-order valence-electron chi connectivity index (χ3n) is 2.39. The Balaban J connectivity index is 0. The molecule has 140 valence electrons. The Hall–Kier alpha value is 0.962. The maximum absolute atomic E-state index is 12.6. The van der Waals surface area contributed by atoms with Gasteiger partial charge in [-0.3, -0.25) is 0 Å². The van der Waals surface area contributed by atoms with Crippen LogP contribution in [0.1, 0.15) is 0 Å². The molecule has 0 heterocycles. The molecular formula is C7CsF15O. The molecule has 0 aromatic heterocycles. The fraction of sp³-hybridized carbons (Fsp3) is 1.00. The van der Waals surface area contributed by atoms with Gasteiger partial charge in [-0.15, -0.1) is 0 Å². The average molecular weight is 518 g/mol. The van der Waals surface area contributed by atoms with Crippen molar-refractivity contribution in [3.63, 3.8) is 0 Å². The molecule has 0 aliphatic heterocycles. The Bertz CT molecular complexity index is 378. The molecule has 0 unspecified atom stereocenters. The molecule has 0 radical (unpaired) electrons. The second kappa shape index (κ2) is 6.84. The van der Waals surface area contributed by atoms with E-state index in [4.69, 9.17) is 0 Å². The number of hydrogen-bond acceptors (Lipinski definition) is 1. The zero-order valence-electron chi connectivity index (χ0n) is 10.6. The third kappa shape index (κ3) is 3.67. The third-order valence-corrected chi connectivity index (χ3v) is 2.39. The van der Waals surface area contributed by atoms with Crippen LogP contribution in [0, 0.1) is 0 Å². The summed E-state index contributed by atoms with van der Waals surface area (Å²) in [5, 5.41) is 10.7. The molecule has 0 fully saturated rings. The summed E-state index contributed by atoms with van der Waals surface area (Å²) in [6, 6.07) is 0. The SMILES string of the molecule is [Cs+].[O-]C(C(F)(F)C(F)(F)F)(C(F)(F)C(F)(F)F)C(F)(F)C(F)(F)F. The first-order valence-corrected chi connectivity index (χ1v) is 4.54. The van der Waals surface area contributed by atoms with E-state index in [1.807, 2.05) is 0 Å². The van der Waals surface area contributed by atoms with Crippen LogP contribution in [-0.4, -0.2) is 41.9 Å². The van der Waals surface area contributed by atoms with Gasteiger partial charge in [-0.1, -0.05) is 0 Å². The summed E-state index contributed by atoms with van der Waals surface area (Å²) < 4.78 is 182. The Labute approximate surface area is 180 Å². The van der Waals surface area contributed by atoms with Gasteiger partial charge in [0.25, 0.3) is 0 Å². The average Bonchev–Trinajstić information content (AvgIpc) is 2.22. The summed E-state index contributed by atoms with van der Waals surface area (Å²) >= 11 is 0. The van der Waals surface area contributed by atoms with Crippen molar-refractivity contribution in [2.24, 2.45) is 0 Å². The van der Waals surface area contributed by atoms with Crippen LogP contribution < -0.4 is 74.0 Å². The van der Waals surface area contributed by atoms with Crippen LogP contribution in [0.4, 0.5) is 65.9 Å². The molecule has 0 aliphatic carbocycles. The molecule has 0 spiro atoms. The summed E-state index contributed by atoms with van der Waals surface area (Å²) in [5.74, 6) is -25.0. The predicted molar refractivity (Wildman–Crippen MR) is 35.7 cm³/mol. The quantitative estimate of drug-likeness (QED) is 0.505. The molecule has 0 amide bonds. The van der Waals surface area contributed by atoms with Crippen molar-refractivity contribution in [3.05, 3.63) is 0 Å². The van der Waals surface area contributed by atoms with E-state index in [0.717, 1.165) is 0 Å². The molecule has 0 saturated carbocycles. The summed E-state index contributed by atoms with van der Waals surface area (Å²) in [4.78, 5) is 0. The molecule has 0 atom stereocenters. The fourth-order valence-electron chi connectivity index (χ4n) is 1.19. The minimum atomic E-state index is -8.48. The zero-order valence-corrected chi connectivity index (χ0v) is 16.9. The first-order valence-electron chi connectivity index (χ1n) is 4.54. The monoisotopic (exact) mass is 518 g/mol. The summed E-state index contributed by atoms with van der Waals surface area (Å²) in [7, 11) is 0. The van der Waals surface area contributed by atoms with Crippen molar-refractivity contribution in [2.45, 2.75) is 41.9 Å². The standard InChI is InChI=1S/C7F15O.Cs/c8-2(9,5(14,15)16)1(23,3(10,11)6(17,18)19)4(12,13)7(20,21)22;/q-1;+1. The molecule has 17 heteroatoms. The maximum atomic E-state index is 12.6. The molecule has 0 aromatic carbocycles. The van der Waals surface area contributed by atoms with Gasteiger partial charge in [0.15, 0.2) is 0 Å². The van der Waals surface area contributed by atoms with Gasteiger partial charge >= 0.3 is 105 Å². The summed E-state index contributed by atoms with van der Waals surface area (Å²) in [6.45, 7) is 0. The van der Waals surface area contributed by atoms with Gasteiger partial charge in [0.2, 0.25) is 0 Å². The molecule has 0 rings (SSSR count). The Morgan fingerprint density at radius 1 is 0.375 bits per heavy atom. The van der Waals surface area contributed by atoms with Gasteiger partial charge in [0.1, 0.15) is 5.60 Å². The van der Waals surface area contributed by atoms with E-state index in [0.29, 0.717) is 0 Å². The van der Waals surface area contributed by atoms with Crippen LogP contribution in [0.3, 0.4) is 0 Å². The minimum absolute atomic E-state index is 0. The van der Waals surface area contributed by atoms with Crippen molar-refractivity contribution in [3.8, 4) is 0 Å². The number of halogens is 15. The number of rotatable bonds is 3. The molecular weight excluding hydrogens is 518 g/mol. The second-order valence-corrected chi connectivity index (χ2v) is 3.90. The Morgan fingerprint density at radius 2 is 0.500 bits per heavy atom. The molecule has 1 nitrogen and oxygen atoms in total. The van der Waals surface area contributed by atoms with E-state index in [1.165, 1.54) is 0 Å². The smallest absolute Gasteiger partial charge is 0.836 e. The van der Waals surface area contributed by atoms with Gasteiger partial charge in [-0.25, -0.2) is 0 Å². The van der Waals surface area contributed by atoms with Crippen LogP contribution in [0.25, 0.3) is 0 Å². The van der Waals surface area contributed by atoms with E-state index in [9.17, 15) is 71.0 Å².